The first-order valence-electron chi connectivity index (χ1n) is 8.24. The Morgan fingerprint density at radius 1 is 0.227 bits per heavy atom. The molecule has 44 heavy (non-hydrogen) atoms. The van der Waals surface area contributed by atoms with Gasteiger partial charge in [-0.05, 0) is 0 Å². The summed E-state index contributed by atoms with van der Waals surface area (Å²) in [7, 11) is -27.8. The van der Waals surface area contributed by atoms with Gasteiger partial charge in [-0.2, -0.15) is 0 Å². The summed E-state index contributed by atoms with van der Waals surface area (Å²) in [5.41, 5.74) is 0. The largest absolute Gasteiger partial charge is 0.466 e. The van der Waals surface area contributed by atoms with Crippen molar-refractivity contribution in [3.05, 3.63) is 0 Å². The molecule has 0 unspecified atom stereocenters. The fraction of sp³-hybridized carbons (Fsp3) is 1.00. The number of hydrogen-bond acceptors (Lipinski definition) is 12. The predicted octanol–water partition coefficient (Wildman–Crippen LogP) is -9.41. The molecule has 0 aliphatic heterocycles. The van der Waals surface area contributed by atoms with Crippen molar-refractivity contribution >= 4 is 46.9 Å². The number of aliphatic hydroxyl groups excluding tert-OH is 6. The molecule has 0 bridgehead atoms. The van der Waals surface area contributed by atoms with Crippen LogP contribution in [0.15, 0.2) is 0 Å². The van der Waals surface area contributed by atoms with E-state index in [1.807, 2.05) is 0 Å². The molecule has 0 aromatic rings. The minimum atomic E-state index is -4.64. The first-order chi connectivity index (χ1) is 17.5. The van der Waals surface area contributed by atoms with Crippen LogP contribution in [0.3, 0.4) is 0 Å². The van der Waals surface area contributed by atoms with Gasteiger partial charge in [-0.25, -0.2) is 27.4 Å². The van der Waals surface area contributed by atoms with E-state index in [1.165, 1.54) is 0 Å². The number of aliphatic hydroxyl groups is 6. The molecule has 0 aromatic heterocycles. The van der Waals surface area contributed by atoms with E-state index < -0.39 is 83.6 Å². The number of rotatable bonds is 0. The zero-order valence-corrected chi connectivity index (χ0v) is 27.6. The van der Waals surface area contributed by atoms with Crippen LogP contribution in [0.2, 0.25) is 0 Å². The van der Waals surface area contributed by atoms with Crippen LogP contribution >= 0.6 is 46.9 Å². The molecule has 0 spiro atoms. The topological polar surface area (TPSA) is 588 Å². The third kappa shape index (κ3) is 121. The smallest absolute Gasteiger partial charge is 0.387 e. The van der Waals surface area contributed by atoms with Gasteiger partial charge in [0.2, 0.25) is 0 Å². The fourth-order valence-corrected chi connectivity index (χ4v) is 1.21. The van der Waals surface area contributed by atoms with Crippen molar-refractivity contribution in [2.75, 3.05) is 0 Å². The van der Waals surface area contributed by atoms with Crippen molar-refractivity contribution in [3.63, 3.8) is 0 Å². The second-order valence-corrected chi connectivity index (χ2v) is 12.2. The average Bonchev–Trinajstić information content (AvgIpc) is 2.55. The summed E-state index contributed by atoms with van der Waals surface area (Å²) in [6.45, 7) is 0. The quantitative estimate of drug-likeness (QED) is 0.0793. The van der Waals surface area contributed by atoms with Gasteiger partial charge in [0.1, 0.15) is 36.6 Å². The molecule has 0 amide bonds. The number of phosphoric acid groups is 6. The van der Waals surface area contributed by atoms with Gasteiger partial charge in [-0.1, -0.05) is 0 Å². The molecule has 0 aromatic carbocycles. The van der Waals surface area contributed by atoms with E-state index in [4.69, 9.17) is 146 Å². The van der Waals surface area contributed by atoms with Gasteiger partial charge in [0, 0.05) is 34.1 Å². The summed E-state index contributed by atoms with van der Waals surface area (Å²) in [6.07, 6.45) is -9.84. The SMILES string of the molecule is O=P(O)(O)O.O=P(O)(O)O.O=P(O)(O)O.O=P(O)(O)O.O=P(O)(O)O.O=P(O)(O)O.OC1C(O)C(O)C(O)C(O)C1O.[Fe].[Fe]. The molecule has 1 fully saturated rings. The Balaban J connectivity index is -0.0000000594. The zero-order valence-electron chi connectivity index (χ0n) is 20.0. The fourth-order valence-electron chi connectivity index (χ4n) is 1.21. The second kappa shape index (κ2) is 27.3. The van der Waals surface area contributed by atoms with E-state index in [0.717, 1.165) is 0 Å². The van der Waals surface area contributed by atoms with Gasteiger partial charge >= 0.3 is 46.9 Å². The van der Waals surface area contributed by atoms with Gasteiger partial charge in [-0.15, -0.1) is 0 Å². The van der Waals surface area contributed by atoms with E-state index >= 15 is 0 Å². The van der Waals surface area contributed by atoms with Crippen molar-refractivity contribution in [2.24, 2.45) is 0 Å². The number of hydrogen-bond donors (Lipinski definition) is 24. The molecule has 0 heterocycles. The van der Waals surface area contributed by atoms with E-state index in [-0.39, 0.29) is 34.1 Å². The monoisotopic (exact) mass is 880 g/mol. The maximum absolute atomic E-state index is 8.97. The first-order valence-corrected chi connectivity index (χ1v) is 17.6. The molecule has 280 valence electrons. The normalized spacial score (nSPS) is 23.2. The van der Waals surface area contributed by atoms with Crippen LogP contribution in [-0.4, -0.2) is 155 Å². The van der Waals surface area contributed by atoms with Crippen LogP contribution in [0.25, 0.3) is 0 Å². The molecule has 1 aliphatic carbocycles. The van der Waals surface area contributed by atoms with E-state index in [2.05, 4.69) is 0 Å². The first kappa shape index (κ1) is 64.0. The predicted molar refractivity (Wildman–Crippen MR) is 122 cm³/mol. The summed E-state index contributed by atoms with van der Waals surface area (Å²) >= 11 is 0. The Bertz CT molecular complexity index is 705. The van der Waals surface area contributed by atoms with E-state index in [0.29, 0.717) is 0 Å². The summed E-state index contributed by atoms with van der Waals surface area (Å²) in [5, 5.41) is 53.8. The van der Waals surface area contributed by atoms with Crippen LogP contribution in [0.1, 0.15) is 0 Å². The molecule has 1 saturated carbocycles. The van der Waals surface area contributed by atoms with Crippen LogP contribution < -0.4 is 0 Å². The minimum Gasteiger partial charge on any atom is -0.387 e. The molecular weight excluding hydrogens is 850 g/mol. The van der Waals surface area contributed by atoms with Crippen molar-refractivity contribution in [1.82, 2.24) is 0 Å². The Labute approximate surface area is 263 Å². The van der Waals surface area contributed by atoms with Crippen molar-refractivity contribution in [1.29, 1.82) is 0 Å². The van der Waals surface area contributed by atoms with E-state index in [9.17, 15) is 0 Å². The summed E-state index contributed by atoms with van der Waals surface area (Å²) in [5.74, 6) is 0. The maximum atomic E-state index is 8.97. The Morgan fingerprint density at radius 2 is 0.250 bits per heavy atom. The molecule has 1 rings (SSSR count). The second-order valence-electron chi connectivity index (χ2n) is 6.02. The molecule has 1 aliphatic rings. The third-order valence-corrected chi connectivity index (χ3v) is 2.10. The van der Waals surface area contributed by atoms with Crippen LogP contribution in [0, 0.1) is 0 Å². The molecule has 24 N–H and O–H groups in total. The van der Waals surface area contributed by atoms with Crippen molar-refractivity contribution < 1.29 is 180 Å². The van der Waals surface area contributed by atoms with E-state index in [1.54, 1.807) is 0 Å². The average molecular weight is 880 g/mol. The zero-order chi connectivity index (χ0) is 36.5. The van der Waals surface area contributed by atoms with Crippen LogP contribution in [-0.2, 0) is 61.5 Å². The van der Waals surface area contributed by atoms with Gasteiger partial charge in [0.25, 0.3) is 0 Å². The molecule has 0 radical (unpaired) electrons. The molecular formula is C6H30Fe2O30P6. The third-order valence-electron chi connectivity index (χ3n) is 2.10. The molecule has 30 nitrogen and oxygen atoms in total. The molecule has 0 atom stereocenters. The van der Waals surface area contributed by atoms with Crippen molar-refractivity contribution in [3.8, 4) is 0 Å². The Hall–Kier alpha value is 1.46. The van der Waals surface area contributed by atoms with Crippen molar-refractivity contribution in [2.45, 2.75) is 36.6 Å². The summed E-state index contributed by atoms with van der Waals surface area (Å²) in [4.78, 5) is 129. The molecule has 38 heteroatoms. The Kier molecular flexibility index (Phi) is 39.7. The summed E-state index contributed by atoms with van der Waals surface area (Å²) in [6, 6.07) is 0. The Morgan fingerprint density at radius 3 is 0.273 bits per heavy atom. The van der Waals surface area contributed by atoms with Gasteiger partial charge < -0.3 is 119 Å². The van der Waals surface area contributed by atoms with Gasteiger partial charge in [-0.3, -0.25) is 0 Å². The van der Waals surface area contributed by atoms with Crippen LogP contribution in [0.4, 0.5) is 0 Å². The minimum absolute atomic E-state index is 0. The van der Waals surface area contributed by atoms with Crippen LogP contribution in [0.5, 0.6) is 0 Å². The van der Waals surface area contributed by atoms with Gasteiger partial charge in [0.05, 0.1) is 0 Å². The maximum Gasteiger partial charge on any atom is 0.466 e. The standard InChI is InChI=1S/C6H12O6.2Fe.6H3O4P/c7-1-2(8)4(10)6(12)5(11)3(1)9;;;6*1-5(2,3)4/h1-12H;;;6*(H3,1,2,3,4). The molecule has 0 saturated heterocycles. The van der Waals surface area contributed by atoms with Gasteiger partial charge in [0.15, 0.2) is 0 Å². The summed E-state index contributed by atoms with van der Waals surface area (Å²) < 4.78 is 53.3.